The van der Waals surface area contributed by atoms with Crippen LogP contribution in [-0.4, -0.2) is 19.8 Å². The van der Waals surface area contributed by atoms with E-state index in [9.17, 15) is 13.2 Å². The molecule has 0 radical (unpaired) electrons. The molecule has 0 spiro atoms. The Morgan fingerprint density at radius 2 is 2.00 bits per heavy atom. The van der Waals surface area contributed by atoms with Gasteiger partial charge in [-0.1, -0.05) is 22.0 Å². The number of benzene rings is 1. The molecule has 0 aliphatic carbocycles. The lowest BCUT2D eigenvalue weighted by molar-refractivity contribution is -0.142. The van der Waals surface area contributed by atoms with Gasteiger partial charge in [0.25, 0.3) is 0 Å². The molecule has 0 N–H and O–H groups in total. The molecule has 1 fully saturated rings. The lowest BCUT2D eigenvalue weighted by Crippen LogP contribution is -2.24. The quantitative estimate of drug-likeness (QED) is 0.789. The minimum absolute atomic E-state index is 0.125. The van der Waals surface area contributed by atoms with Crippen molar-refractivity contribution in [2.45, 2.75) is 12.3 Å². The van der Waals surface area contributed by atoms with Crippen molar-refractivity contribution in [1.82, 2.24) is 0 Å². The number of halogens is 4. The fourth-order valence-electron chi connectivity index (χ4n) is 1.72. The molecule has 1 aliphatic rings. The molecular formula is C11H10BrF3O2. The van der Waals surface area contributed by atoms with E-state index in [-0.39, 0.29) is 12.2 Å². The van der Waals surface area contributed by atoms with Gasteiger partial charge in [0, 0.05) is 4.47 Å². The van der Waals surface area contributed by atoms with E-state index in [2.05, 4.69) is 15.9 Å². The minimum Gasteiger partial charge on any atom is -0.376 e. The van der Waals surface area contributed by atoms with Gasteiger partial charge in [-0.25, -0.2) is 0 Å². The molecular weight excluding hydrogens is 301 g/mol. The van der Waals surface area contributed by atoms with Gasteiger partial charge in [-0.15, -0.1) is 0 Å². The summed E-state index contributed by atoms with van der Waals surface area (Å²) in [6, 6.07) is 4.06. The summed E-state index contributed by atoms with van der Waals surface area (Å²) in [4.78, 5) is 0. The zero-order chi connectivity index (χ0) is 12.5. The van der Waals surface area contributed by atoms with Crippen LogP contribution in [-0.2, 0) is 15.7 Å². The second kappa shape index (κ2) is 4.96. The summed E-state index contributed by atoms with van der Waals surface area (Å²) in [5.41, 5.74) is -0.553. The van der Waals surface area contributed by atoms with Crippen LogP contribution in [0.1, 0.15) is 17.2 Å². The fourth-order valence-corrected chi connectivity index (χ4v) is 2.08. The van der Waals surface area contributed by atoms with Crippen LogP contribution in [0.2, 0.25) is 0 Å². The summed E-state index contributed by atoms with van der Waals surface area (Å²) in [6.07, 6.45) is -5.03. The SMILES string of the molecule is FC(F)(F)c1cc(Br)ccc1C1COCCO1. The van der Waals surface area contributed by atoms with Crippen molar-refractivity contribution in [3.05, 3.63) is 33.8 Å². The highest BCUT2D eigenvalue weighted by Gasteiger charge is 2.36. The first-order valence-corrected chi connectivity index (χ1v) is 5.84. The monoisotopic (exact) mass is 310 g/mol. The molecule has 1 atom stereocenters. The second-order valence-electron chi connectivity index (χ2n) is 3.66. The van der Waals surface area contributed by atoms with Gasteiger partial charge in [0.1, 0.15) is 6.10 Å². The van der Waals surface area contributed by atoms with E-state index in [1.54, 1.807) is 6.07 Å². The van der Waals surface area contributed by atoms with Crippen LogP contribution >= 0.6 is 15.9 Å². The van der Waals surface area contributed by atoms with Crippen LogP contribution < -0.4 is 0 Å². The molecule has 0 bridgehead atoms. The van der Waals surface area contributed by atoms with Crippen LogP contribution in [0.15, 0.2) is 22.7 Å². The van der Waals surface area contributed by atoms with E-state index in [1.807, 2.05) is 0 Å². The lowest BCUT2D eigenvalue weighted by Gasteiger charge is -2.26. The summed E-state index contributed by atoms with van der Waals surface area (Å²) in [5.74, 6) is 0. The van der Waals surface area contributed by atoms with E-state index in [1.165, 1.54) is 6.07 Å². The maximum atomic E-state index is 12.9. The van der Waals surface area contributed by atoms with E-state index >= 15 is 0 Å². The molecule has 1 unspecified atom stereocenters. The van der Waals surface area contributed by atoms with Crippen molar-refractivity contribution < 1.29 is 22.6 Å². The van der Waals surface area contributed by atoms with E-state index in [4.69, 9.17) is 9.47 Å². The highest BCUT2D eigenvalue weighted by atomic mass is 79.9. The van der Waals surface area contributed by atoms with Gasteiger partial charge in [0.05, 0.1) is 25.4 Å². The topological polar surface area (TPSA) is 18.5 Å². The summed E-state index contributed by atoms with van der Waals surface area (Å²) in [7, 11) is 0. The van der Waals surface area contributed by atoms with E-state index in [0.717, 1.165) is 6.07 Å². The van der Waals surface area contributed by atoms with Crippen LogP contribution in [0, 0.1) is 0 Å². The van der Waals surface area contributed by atoms with Crippen LogP contribution in [0.4, 0.5) is 13.2 Å². The Morgan fingerprint density at radius 3 is 2.59 bits per heavy atom. The van der Waals surface area contributed by atoms with Crippen molar-refractivity contribution in [1.29, 1.82) is 0 Å². The van der Waals surface area contributed by atoms with Gasteiger partial charge in [0.2, 0.25) is 0 Å². The molecule has 2 rings (SSSR count). The first-order chi connectivity index (χ1) is 7.98. The molecule has 1 heterocycles. The highest BCUT2D eigenvalue weighted by Crippen LogP contribution is 2.37. The van der Waals surface area contributed by atoms with Gasteiger partial charge >= 0.3 is 6.18 Å². The van der Waals surface area contributed by atoms with Crippen molar-refractivity contribution in [2.24, 2.45) is 0 Å². The smallest absolute Gasteiger partial charge is 0.376 e. The third kappa shape index (κ3) is 3.00. The predicted molar refractivity (Wildman–Crippen MR) is 58.7 cm³/mol. The molecule has 0 saturated carbocycles. The Bertz CT molecular complexity index is 400. The molecule has 0 aromatic heterocycles. The zero-order valence-electron chi connectivity index (χ0n) is 8.76. The number of ether oxygens (including phenoxy) is 2. The number of hydrogen-bond donors (Lipinski definition) is 0. The Morgan fingerprint density at radius 1 is 1.24 bits per heavy atom. The molecule has 0 amide bonds. The summed E-state index contributed by atoms with van der Waals surface area (Å²) < 4.78 is 49.4. The molecule has 1 aromatic rings. The number of hydrogen-bond acceptors (Lipinski definition) is 2. The normalized spacial score (nSPS) is 21.5. The van der Waals surface area contributed by atoms with Crippen molar-refractivity contribution >= 4 is 15.9 Å². The maximum absolute atomic E-state index is 12.9. The first-order valence-electron chi connectivity index (χ1n) is 5.04. The summed E-state index contributed by atoms with van der Waals surface area (Å²) >= 11 is 3.04. The van der Waals surface area contributed by atoms with Crippen molar-refractivity contribution in [2.75, 3.05) is 19.8 Å². The van der Waals surface area contributed by atoms with E-state index < -0.39 is 17.8 Å². The Kier molecular flexibility index (Phi) is 3.75. The maximum Gasteiger partial charge on any atom is 0.416 e. The number of alkyl halides is 3. The van der Waals surface area contributed by atoms with E-state index in [0.29, 0.717) is 17.7 Å². The first kappa shape index (κ1) is 12.9. The molecule has 6 heteroatoms. The fraction of sp³-hybridized carbons (Fsp3) is 0.455. The molecule has 2 nitrogen and oxygen atoms in total. The van der Waals surface area contributed by atoms with Gasteiger partial charge in [-0.2, -0.15) is 13.2 Å². The van der Waals surface area contributed by atoms with Gasteiger partial charge < -0.3 is 9.47 Å². The molecule has 94 valence electrons. The standard InChI is InChI=1S/C11H10BrF3O2/c12-7-1-2-8(9(5-7)11(13,14)15)10-6-16-3-4-17-10/h1-2,5,10H,3-4,6H2. The Hall–Kier alpha value is -0.590. The van der Waals surface area contributed by atoms with Gasteiger partial charge in [-0.05, 0) is 17.7 Å². The third-order valence-corrected chi connectivity index (χ3v) is 2.98. The van der Waals surface area contributed by atoms with Crippen LogP contribution in [0.3, 0.4) is 0 Å². The molecule has 1 aromatic carbocycles. The van der Waals surface area contributed by atoms with Crippen LogP contribution in [0.25, 0.3) is 0 Å². The minimum atomic E-state index is -4.39. The molecule has 1 saturated heterocycles. The highest BCUT2D eigenvalue weighted by molar-refractivity contribution is 9.10. The van der Waals surface area contributed by atoms with Gasteiger partial charge in [0.15, 0.2) is 0 Å². The Labute approximate surface area is 105 Å². The Balaban J connectivity index is 2.38. The van der Waals surface area contributed by atoms with Crippen molar-refractivity contribution in [3.8, 4) is 0 Å². The average Bonchev–Trinajstić information content (AvgIpc) is 2.29. The van der Waals surface area contributed by atoms with Crippen molar-refractivity contribution in [3.63, 3.8) is 0 Å². The molecule has 1 aliphatic heterocycles. The predicted octanol–water partition coefficient (Wildman–Crippen LogP) is 3.56. The third-order valence-electron chi connectivity index (χ3n) is 2.48. The second-order valence-corrected chi connectivity index (χ2v) is 4.58. The molecule has 17 heavy (non-hydrogen) atoms. The number of rotatable bonds is 1. The largest absolute Gasteiger partial charge is 0.416 e. The summed E-state index contributed by atoms with van der Waals surface area (Å²) in [5, 5.41) is 0. The van der Waals surface area contributed by atoms with Gasteiger partial charge in [-0.3, -0.25) is 0 Å². The lowest BCUT2D eigenvalue weighted by atomic mass is 10.0. The summed E-state index contributed by atoms with van der Waals surface area (Å²) in [6.45, 7) is 0.900. The van der Waals surface area contributed by atoms with Crippen LogP contribution in [0.5, 0.6) is 0 Å². The average molecular weight is 311 g/mol. The zero-order valence-corrected chi connectivity index (χ0v) is 10.3.